The minimum Gasteiger partial charge on any atom is -0.478 e. The maximum absolute atomic E-state index is 11.4. The van der Waals surface area contributed by atoms with Gasteiger partial charge in [0.1, 0.15) is 5.82 Å². The van der Waals surface area contributed by atoms with Crippen molar-refractivity contribution in [3.8, 4) is 0 Å². The van der Waals surface area contributed by atoms with Gasteiger partial charge in [-0.1, -0.05) is 32.0 Å². The highest BCUT2D eigenvalue weighted by Gasteiger charge is 2.47. The lowest BCUT2D eigenvalue weighted by Crippen LogP contribution is -2.57. The van der Waals surface area contributed by atoms with E-state index in [0.717, 1.165) is 0 Å². The van der Waals surface area contributed by atoms with Gasteiger partial charge in [0.2, 0.25) is 0 Å². The van der Waals surface area contributed by atoms with E-state index >= 15 is 0 Å². The van der Waals surface area contributed by atoms with Crippen molar-refractivity contribution in [2.24, 2.45) is 5.41 Å². The van der Waals surface area contributed by atoms with Gasteiger partial charge in [0.25, 0.3) is 0 Å². The molecule has 110 valence electrons. The molecule has 5 heteroatoms. The molecule has 0 aliphatic heterocycles. The number of nitrogens with zero attached hydrogens (tertiary/aromatic N) is 1. The SMILES string of the molecule is CC1(C)C(O)CC1Nc1cc(C(=O)O)c2ccccc2n1. The summed E-state index contributed by atoms with van der Waals surface area (Å²) in [6.07, 6.45) is 0.304. The smallest absolute Gasteiger partial charge is 0.336 e. The Morgan fingerprint density at radius 1 is 1.38 bits per heavy atom. The zero-order chi connectivity index (χ0) is 15.2. The van der Waals surface area contributed by atoms with Gasteiger partial charge in [-0.15, -0.1) is 0 Å². The molecule has 0 amide bonds. The Hall–Kier alpha value is -2.14. The van der Waals surface area contributed by atoms with Crippen LogP contribution in [-0.2, 0) is 0 Å². The van der Waals surface area contributed by atoms with Gasteiger partial charge in [-0.3, -0.25) is 0 Å². The average molecular weight is 286 g/mol. The zero-order valence-electron chi connectivity index (χ0n) is 12.0. The second-order valence-electron chi connectivity index (χ2n) is 6.15. The quantitative estimate of drug-likeness (QED) is 0.807. The van der Waals surface area contributed by atoms with Gasteiger partial charge < -0.3 is 15.5 Å². The van der Waals surface area contributed by atoms with Crippen LogP contribution in [0, 0.1) is 5.41 Å². The molecule has 0 spiro atoms. The molecule has 1 aromatic heterocycles. The first-order valence-electron chi connectivity index (χ1n) is 6.97. The lowest BCUT2D eigenvalue weighted by atomic mass is 9.64. The van der Waals surface area contributed by atoms with Crippen LogP contribution in [0.5, 0.6) is 0 Å². The molecule has 0 saturated heterocycles. The van der Waals surface area contributed by atoms with E-state index < -0.39 is 5.97 Å². The summed E-state index contributed by atoms with van der Waals surface area (Å²) in [6, 6.07) is 8.84. The molecule has 2 atom stereocenters. The summed E-state index contributed by atoms with van der Waals surface area (Å²) in [5.74, 6) is -0.430. The Labute approximate surface area is 122 Å². The molecule has 21 heavy (non-hydrogen) atoms. The van der Waals surface area contributed by atoms with Gasteiger partial charge in [-0.2, -0.15) is 0 Å². The summed E-state index contributed by atoms with van der Waals surface area (Å²) in [5.41, 5.74) is 0.648. The Morgan fingerprint density at radius 3 is 2.71 bits per heavy atom. The summed E-state index contributed by atoms with van der Waals surface area (Å²) in [6.45, 7) is 3.97. The molecule has 1 aliphatic rings. The topological polar surface area (TPSA) is 82.5 Å². The number of aromatic carboxylic acids is 1. The van der Waals surface area contributed by atoms with Crippen molar-refractivity contribution in [3.05, 3.63) is 35.9 Å². The summed E-state index contributed by atoms with van der Waals surface area (Å²) in [7, 11) is 0. The van der Waals surface area contributed by atoms with Crippen molar-refractivity contribution in [2.45, 2.75) is 32.4 Å². The lowest BCUT2D eigenvalue weighted by molar-refractivity contribution is -0.0511. The number of aliphatic hydroxyl groups excluding tert-OH is 1. The predicted octanol–water partition coefficient (Wildman–Crippen LogP) is 2.50. The van der Waals surface area contributed by atoms with Crippen molar-refractivity contribution in [3.63, 3.8) is 0 Å². The number of rotatable bonds is 3. The van der Waals surface area contributed by atoms with Crippen LogP contribution in [0.1, 0.15) is 30.6 Å². The van der Waals surface area contributed by atoms with Gasteiger partial charge in [0.15, 0.2) is 0 Å². The van der Waals surface area contributed by atoms with Crippen LogP contribution in [0.15, 0.2) is 30.3 Å². The third-order valence-corrected chi connectivity index (χ3v) is 4.48. The van der Waals surface area contributed by atoms with E-state index in [4.69, 9.17) is 0 Å². The van der Waals surface area contributed by atoms with Crippen LogP contribution in [0.25, 0.3) is 10.9 Å². The Bertz CT molecular complexity index is 712. The molecule has 1 aromatic carbocycles. The molecule has 1 heterocycles. The second-order valence-corrected chi connectivity index (χ2v) is 6.15. The molecule has 1 fully saturated rings. The van der Waals surface area contributed by atoms with Gasteiger partial charge >= 0.3 is 5.97 Å². The number of carboxylic acid groups (broad SMARTS) is 1. The van der Waals surface area contributed by atoms with Crippen molar-refractivity contribution < 1.29 is 15.0 Å². The molecule has 5 nitrogen and oxygen atoms in total. The molecule has 3 N–H and O–H groups in total. The van der Waals surface area contributed by atoms with Crippen LogP contribution in [-0.4, -0.2) is 33.3 Å². The van der Waals surface area contributed by atoms with Crippen molar-refractivity contribution in [1.82, 2.24) is 4.98 Å². The largest absolute Gasteiger partial charge is 0.478 e. The Kier molecular flexibility index (Phi) is 3.10. The highest BCUT2D eigenvalue weighted by Crippen LogP contribution is 2.42. The molecule has 0 radical (unpaired) electrons. The molecular weight excluding hydrogens is 268 g/mol. The molecular formula is C16H18N2O3. The van der Waals surface area contributed by atoms with Crippen LogP contribution in [0.2, 0.25) is 0 Å². The van der Waals surface area contributed by atoms with E-state index in [0.29, 0.717) is 23.1 Å². The number of hydrogen-bond donors (Lipinski definition) is 3. The van der Waals surface area contributed by atoms with Crippen LogP contribution in [0.4, 0.5) is 5.82 Å². The van der Waals surface area contributed by atoms with Crippen LogP contribution < -0.4 is 5.32 Å². The number of aliphatic hydroxyl groups is 1. The minimum absolute atomic E-state index is 0.0859. The fourth-order valence-electron chi connectivity index (χ4n) is 2.75. The van der Waals surface area contributed by atoms with Gasteiger partial charge in [0.05, 0.1) is 17.2 Å². The van der Waals surface area contributed by atoms with Gasteiger partial charge in [-0.25, -0.2) is 9.78 Å². The normalized spacial score (nSPS) is 23.6. The third kappa shape index (κ3) is 2.23. The van der Waals surface area contributed by atoms with E-state index in [1.165, 1.54) is 0 Å². The lowest BCUT2D eigenvalue weighted by Gasteiger charge is -2.49. The minimum atomic E-state index is -0.968. The number of anilines is 1. The molecule has 2 aromatic rings. The van der Waals surface area contributed by atoms with E-state index in [9.17, 15) is 15.0 Å². The maximum atomic E-state index is 11.4. The van der Waals surface area contributed by atoms with E-state index in [2.05, 4.69) is 10.3 Å². The van der Waals surface area contributed by atoms with Crippen LogP contribution in [0.3, 0.4) is 0 Å². The fraction of sp³-hybridized carbons (Fsp3) is 0.375. The number of para-hydroxylation sites is 1. The number of benzene rings is 1. The Morgan fingerprint density at radius 2 is 2.10 bits per heavy atom. The number of aromatic nitrogens is 1. The standard InChI is InChI=1S/C16H18N2O3/c1-16(2)12(8-13(16)19)18-14-7-10(15(20)21)9-5-3-4-6-11(9)17-14/h3-7,12-13,19H,8H2,1-2H3,(H,17,18)(H,20,21). The first kappa shape index (κ1) is 13.8. The molecule has 2 unspecified atom stereocenters. The van der Waals surface area contributed by atoms with E-state index in [-0.39, 0.29) is 23.1 Å². The van der Waals surface area contributed by atoms with Crippen molar-refractivity contribution in [2.75, 3.05) is 5.32 Å². The van der Waals surface area contributed by atoms with E-state index in [1.807, 2.05) is 19.9 Å². The predicted molar refractivity (Wildman–Crippen MR) is 80.5 cm³/mol. The molecule has 1 saturated carbocycles. The summed E-state index contributed by atoms with van der Waals surface area (Å²) >= 11 is 0. The molecule has 1 aliphatic carbocycles. The van der Waals surface area contributed by atoms with Crippen molar-refractivity contribution in [1.29, 1.82) is 0 Å². The number of carbonyl (C=O) groups is 1. The van der Waals surface area contributed by atoms with Crippen molar-refractivity contribution >= 4 is 22.7 Å². The zero-order valence-corrected chi connectivity index (χ0v) is 12.0. The first-order chi connectivity index (χ1) is 9.89. The summed E-state index contributed by atoms with van der Waals surface area (Å²) in [4.78, 5) is 15.9. The fourth-order valence-corrected chi connectivity index (χ4v) is 2.75. The maximum Gasteiger partial charge on any atom is 0.336 e. The van der Waals surface area contributed by atoms with Gasteiger partial charge in [-0.05, 0) is 18.6 Å². The number of carboxylic acids is 1. The molecule has 0 bridgehead atoms. The monoisotopic (exact) mass is 286 g/mol. The summed E-state index contributed by atoms with van der Waals surface area (Å²) < 4.78 is 0. The number of fused-ring (bicyclic) bond motifs is 1. The number of nitrogens with one attached hydrogen (secondary N) is 1. The van der Waals surface area contributed by atoms with Gasteiger partial charge in [0, 0.05) is 16.8 Å². The Balaban J connectivity index is 1.98. The highest BCUT2D eigenvalue weighted by atomic mass is 16.4. The average Bonchev–Trinajstić information content (AvgIpc) is 2.46. The van der Waals surface area contributed by atoms with Crippen LogP contribution >= 0.6 is 0 Å². The van der Waals surface area contributed by atoms with E-state index in [1.54, 1.807) is 24.3 Å². The third-order valence-electron chi connectivity index (χ3n) is 4.48. The number of pyridine rings is 1. The first-order valence-corrected chi connectivity index (χ1v) is 6.97. The second kappa shape index (κ2) is 4.70. The molecule has 3 rings (SSSR count). The summed E-state index contributed by atoms with van der Waals surface area (Å²) in [5, 5.41) is 23.0. The number of hydrogen-bond acceptors (Lipinski definition) is 4. The highest BCUT2D eigenvalue weighted by molar-refractivity contribution is 6.03.